The minimum atomic E-state index is -0.615. The third kappa shape index (κ3) is 3.33. The summed E-state index contributed by atoms with van der Waals surface area (Å²) in [6, 6.07) is 0. The Hall–Kier alpha value is -3.06. The lowest BCUT2D eigenvalue weighted by molar-refractivity contribution is -0.141. The fourth-order valence-corrected chi connectivity index (χ4v) is 3.10. The monoisotopic (exact) mass is 374 g/mol. The van der Waals surface area contributed by atoms with Crippen molar-refractivity contribution in [3.63, 3.8) is 0 Å². The van der Waals surface area contributed by atoms with Crippen molar-refractivity contribution in [1.29, 1.82) is 0 Å². The first-order chi connectivity index (χ1) is 13.0. The van der Waals surface area contributed by atoms with Crippen LogP contribution in [-0.4, -0.2) is 57.9 Å². The molecule has 2 aromatic rings. The zero-order valence-electron chi connectivity index (χ0n) is 15.6. The number of piperazine rings is 1. The van der Waals surface area contributed by atoms with Crippen LogP contribution < -0.4 is 21.5 Å². The topological polar surface area (TPSA) is 103 Å². The van der Waals surface area contributed by atoms with Gasteiger partial charge in [-0.25, -0.2) is 4.79 Å². The molecular weight excluding hydrogens is 352 g/mol. The van der Waals surface area contributed by atoms with Crippen LogP contribution in [0, 0.1) is 11.8 Å². The highest BCUT2D eigenvalue weighted by Crippen LogP contribution is 2.20. The summed E-state index contributed by atoms with van der Waals surface area (Å²) in [5, 5.41) is 3.27. The number of nitrogens with zero attached hydrogens (tertiary/aromatic N) is 5. The average Bonchev–Trinajstić information content (AvgIpc) is 3.07. The molecule has 0 saturated carbocycles. The van der Waals surface area contributed by atoms with Gasteiger partial charge in [0.2, 0.25) is 5.95 Å². The van der Waals surface area contributed by atoms with Gasteiger partial charge in [0, 0.05) is 33.2 Å². The number of hydrogen-bond acceptors (Lipinski definition) is 7. The SMILES string of the molecule is CC#CCn1c(N2CCNCC2)nc2c1c(=O)n(C)c(=O)n2CC(=O)OC. The number of esters is 1. The fourth-order valence-electron chi connectivity index (χ4n) is 3.10. The number of ether oxygens (including phenoxy) is 1. The quantitative estimate of drug-likeness (QED) is 0.513. The van der Waals surface area contributed by atoms with Crippen LogP contribution in [0.4, 0.5) is 5.95 Å². The van der Waals surface area contributed by atoms with Gasteiger partial charge >= 0.3 is 11.7 Å². The number of carbonyl (C=O) groups excluding carboxylic acids is 1. The standard InChI is InChI=1S/C17H22N6O4/c1-4-5-8-22-13-14(19-16(22)21-9-6-18-7-10-21)23(11-12(24)27-3)17(26)20(2)15(13)25/h18H,6-11H2,1-3H3. The zero-order chi connectivity index (χ0) is 19.6. The predicted octanol–water partition coefficient (Wildman–Crippen LogP) is -1.50. The van der Waals surface area contributed by atoms with Crippen molar-refractivity contribution >= 4 is 23.1 Å². The van der Waals surface area contributed by atoms with E-state index in [0.29, 0.717) is 19.0 Å². The van der Waals surface area contributed by atoms with E-state index in [2.05, 4.69) is 26.9 Å². The van der Waals surface area contributed by atoms with Crippen molar-refractivity contribution < 1.29 is 9.53 Å². The molecule has 0 radical (unpaired) electrons. The molecule has 144 valence electrons. The molecular formula is C17H22N6O4. The number of aromatic nitrogens is 4. The van der Waals surface area contributed by atoms with Gasteiger partial charge in [-0.15, -0.1) is 5.92 Å². The lowest BCUT2D eigenvalue weighted by atomic mass is 10.4. The van der Waals surface area contributed by atoms with Crippen LogP contribution in [-0.2, 0) is 29.7 Å². The van der Waals surface area contributed by atoms with E-state index in [4.69, 9.17) is 0 Å². The van der Waals surface area contributed by atoms with Crippen molar-refractivity contribution in [3.05, 3.63) is 20.8 Å². The van der Waals surface area contributed by atoms with Crippen molar-refractivity contribution in [2.45, 2.75) is 20.0 Å². The number of anilines is 1. The van der Waals surface area contributed by atoms with E-state index in [9.17, 15) is 14.4 Å². The summed E-state index contributed by atoms with van der Waals surface area (Å²) in [6.07, 6.45) is 0. The molecule has 10 heteroatoms. The van der Waals surface area contributed by atoms with Crippen LogP contribution in [0.2, 0.25) is 0 Å². The van der Waals surface area contributed by atoms with E-state index in [0.717, 1.165) is 17.7 Å². The lowest BCUT2D eigenvalue weighted by Gasteiger charge is -2.28. The molecule has 0 atom stereocenters. The summed E-state index contributed by atoms with van der Waals surface area (Å²) >= 11 is 0. The molecule has 0 bridgehead atoms. The van der Waals surface area contributed by atoms with Gasteiger partial charge in [0.1, 0.15) is 6.54 Å². The number of hydrogen-bond donors (Lipinski definition) is 1. The van der Waals surface area contributed by atoms with Gasteiger partial charge < -0.3 is 15.0 Å². The largest absolute Gasteiger partial charge is 0.468 e. The summed E-state index contributed by atoms with van der Waals surface area (Å²) in [7, 11) is 2.62. The maximum absolute atomic E-state index is 12.8. The van der Waals surface area contributed by atoms with Crippen molar-refractivity contribution in [1.82, 2.24) is 24.0 Å². The van der Waals surface area contributed by atoms with Gasteiger partial charge in [-0.05, 0) is 6.92 Å². The van der Waals surface area contributed by atoms with Gasteiger partial charge in [-0.3, -0.25) is 23.3 Å². The smallest absolute Gasteiger partial charge is 0.333 e. The van der Waals surface area contributed by atoms with Crippen LogP contribution in [0.5, 0.6) is 0 Å². The Bertz CT molecular complexity index is 1050. The summed E-state index contributed by atoms with van der Waals surface area (Å²) < 4.78 is 8.55. The van der Waals surface area contributed by atoms with Gasteiger partial charge in [0.15, 0.2) is 11.2 Å². The highest BCUT2D eigenvalue weighted by Gasteiger charge is 2.25. The Morgan fingerprint density at radius 3 is 2.59 bits per heavy atom. The maximum Gasteiger partial charge on any atom is 0.333 e. The first-order valence-corrected chi connectivity index (χ1v) is 8.61. The molecule has 3 rings (SSSR count). The average molecular weight is 374 g/mol. The lowest BCUT2D eigenvalue weighted by Crippen LogP contribution is -2.44. The summed E-state index contributed by atoms with van der Waals surface area (Å²) in [4.78, 5) is 43.8. The van der Waals surface area contributed by atoms with E-state index >= 15 is 0 Å². The highest BCUT2D eigenvalue weighted by atomic mass is 16.5. The molecule has 1 saturated heterocycles. The molecule has 10 nitrogen and oxygen atoms in total. The van der Waals surface area contributed by atoms with Crippen LogP contribution in [0.15, 0.2) is 9.59 Å². The van der Waals surface area contributed by atoms with Crippen LogP contribution in [0.25, 0.3) is 11.2 Å². The normalized spacial score (nSPS) is 14.1. The molecule has 0 spiro atoms. The Labute approximate surface area is 155 Å². The van der Waals surface area contributed by atoms with Crippen molar-refractivity contribution in [2.75, 3.05) is 38.2 Å². The predicted molar refractivity (Wildman–Crippen MR) is 99.8 cm³/mol. The maximum atomic E-state index is 12.8. The van der Waals surface area contributed by atoms with E-state index in [1.165, 1.54) is 18.7 Å². The number of fused-ring (bicyclic) bond motifs is 1. The first-order valence-electron chi connectivity index (χ1n) is 8.61. The summed E-state index contributed by atoms with van der Waals surface area (Å²) in [5.41, 5.74) is -0.670. The van der Waals surface area contributed by atoms with E-state index in [1.807, 2.05) is 4.90 Å². The van der Waals surface area contributed by atoms with Gasteiger partial charge in [0.25, 0.3) is 5.56 Å². The van der Waals surface area contributed by atoms with Crippen molar-refractivity contribution in [3.8, 4) is 11.8 Å². The van der Waals surface area contributed by atoms with Gasteiger partial charge in [-0.2, -0.15) is 4.98 Å². The molecule has 0 aliphatic carbocycles. The Morgan fingerprint density at radius 2 is 1.96 bits per heavy atom. The molecule has 27 heavy (non-hydrogen) atoms. The zero-order valence-corrected chi connectivity index (χ0v) is 15.6. The molecule has 1 aliphatic heterocycles. The summed E-state index contributed by atoms with van der Waals surface area (Å²) in [5.74, 6) is 5.75. The number of imidazole rings is 1. The minimum Gasteiger partial charge on any atom is -0.468 e. The minimum absolute atomic E-state index is 0.167. The Kier molecular flexibility index (Phi) is 5.32. The number of carbonyl (C=O) groups is 1. The second-order valence-electron chi connectivity index (χ2n) is 6.14. The van der Waals surface area contributed by atoms with E-state index in [1.54, 1.807) is 11.5 Å². The third-order valence-electron chi connectivity index (χ3n) is 4.54. The van der Waals surface area contributed by atoms with E-state index < -0.39 is 17.2 Å². The second kappa shape index (κ2) is 7.67. The Balaban J connectivity index is 2.32. The van der Waals surface area contributed by atoms with Crippen molar-refractivity contribution in [2.24, 2.45) is 7.05 Å². The molecule has 1 fully saturated rings. The van der Waals surface area contributed by atoms with Crippen LogP contribution in [0.3, 0.4) is 0 Å². The van der Waals surface area contributed by atoms with Crippen LogP contribution in [0.1, 0.15) is 6.92 Å². The molecule has 3 heterocycles. The number of methoxy groups -OCH3 is 1. The number of nitrogens with one attached hydrogen (secondary N) is 1. The number of rotatable bonds is 4. The van der Waals surface area contributed by atoms with E-state index in [-0.39, 0.29) is 24.3 Å². The third-order valence-corrected chi connectivity index (χ3v) is 4.54. The van der Waals surface area contributed by atoms with Gasteiger partial charge in [0.05, 0.1) is 13.7 Å². The summed E-state index contributed by atoms with van der Waals surface area (Å²) in [6.45, 7) is 4.66. The van der Waals surface area contributed by atoms with Crippen LogP contribution >= 0.6 is 0 Å². The Morgan fingerprint density at radius 1 is 1.26 bits per heavy atom. The molecule has 1 aliphatic rings. The molecule has 2 aromatic heterocycles. The fraction of sp³-hybridized carbons (Fsp3) is 0.529. The second-order valence-corrected chi connectivity index (χ2v) is 6.14. The highest BCUT2D eigenvalue weighted by molar-refractivity contribution is 5.77. The molecule has 0 aromatic carbocycles. The first kappa shape index (κ1) is 18.7. The molecule has 0 unspecified atom stereocenters. The molecule has 1 N–H and O–H groups in total. The molecule has 0 amide bonds. The van der Waals surface area contributed by atoms with Gasteiger partial charge in [-0.1, -0.05) is 5.92 Å².